The molecule has 7 nitrogen and oxygen atoms in total. The summed E-state index contributed by atoms with van der Waals surface area (Å²) >= 11 is 0. The molecule has 4 rings (SSSR count). The molecular weight excluding hydrogens is 322 g/mol. The fraction of sp³-hybridized carbons (Fsp3) is 0.500. The average Bonchev–Trinajstić information content (AvgIpc) is 3.31. The summed E-state index contributed by atoms with van der Waals surface area (Å²) in [7, 11) is 0. The molecule has 2 fully saturated rings. The zero-order valence-electron chi connectivity index (χ0n) is 13.9. The normalized spacial score (nSPS) is 26.8. The number of carbonyl (C=O) groups is 1. The van der Waals surface area contributed by atoms with Crippen LogP contribution in [0, 0.1) is 5.92 Å². The first kappa shape index (κ1) is 16.2. The number of aromatic nitrogens is 2. The second-order valence-electron chi connectivity index (χ2n) is 6.62. The Bertz CT molecular complexity index is 733. The van der Waals surface area contributed by atoms with Crippen LogP contribution >= 0.6 is 0 Å². The van der Waals surface area contributed by atoms with E-state index in [4.69, 9.17) is 9.26 Å². The van der Waals surface area contributed by atoms with Gasteiger partial charge in [0.15, 0.2) is 11.5 Å². The molecule has 2 aromatic heterocycles. The molecule has 0 radical (unpaired) electrons. The molecule has 0 bridgehead atoms. The van der Waals surface area contributed by atoms with Crippen LogP contribution in [0.4, 0.5) is 0 Å². The lowest BCUT2D eigenvalue weighted by Crippen LogP contribution is -2.53. The first-order chi connectivity index (χ1) is 12.2. The minimum atomic E-state index is -0.369. The predicted molar refractivity (Wildman–Crippen MR) is 88.7 cm³/mol. The van der Waals surface area contributed by atoms with E-state index in [1.807, 2.05) is 0 Å². The molecule has 25 heavy (non-hydrogen) atoms. The third kappa shape index (κ3) is 3.17. The Balaban J connectivity index is 1.55. The van der Waals surface area contributed by atoms with Crippen molar-refractivity contribution in [2.24, 2.45) is 5.92 Å². The number of pyridine rings is 1. The Kier molecular flexibility index (Phi) is 4.50. The molecule has 132 valence electrons. The standard InChI is InChI=1S/C18H21N3O4/c22-16-3-1-2-13(16)15-11-24-9-8-21(15)18(23)14-10-17(25-20-14)12-4-6-19-7-5-12/h4-7,10,13,15-16,22H,1-3,8-9,11H2/t13-,15-,16+/m1/s1. The van der Waals surface area contributed by atoms with E-state index in [-0.39, 0.29) is 29.7 Å². The number of hydrogen-bond donors (Lipinski definition) is 1. The van der Waals surface area contributed by atoms with Crippen LogP contribution in [0.15, 0.2) is 35.1 Å². The maximum absolute atomic E-state index is 13.0. The van der Waals surface area contributed by atoms with Crippen LogP contribution in [0.1, 0.15) is 29.8 Å². The van der Waals surface area contributed by atoms with Gasteiger partial charge in [-0.25, -0.2) is 0 Å². The van der Waals surface area contributed by atoms with Crippen molar-refractivity contribution in [2.75, 3.05) is 19.8 Å². The first-order valence-corrected chi connectivity index (χ1v) is 8.68. The Labute approximate surface area is 145 Å². The second kappa shape index (κ2) is 6.93. The van der Waals surface area contributed by atoms with E-state index < -0.39 is 0 Å². The molecule has 1 saturated carbocycles. The van der Waals surface area contributed by atoms with Crippen LogP contribution in [-0.2, 0) is 4.74 Å². The highest BCUT2D eigenvalue weighted by Gasteiger charge is 2.40. The van der Waals surface area contributed by atoms with E-state index in [1.54, 1.807) is 35.5 Å². The number of aliphatic hydroxyl groups is 1. The van der Waals surface area contributed by atoms with Crippen LogP contribution < -0.4 is 0 Å². The molecule has 1 saturated heterocycles. The first-order valence-electron chi connectivity index (χ1n) is 8.68. The molecule has 2 aromatic rings. The summed E-state index contributed by atoms with van der Waals surface area (Å²) in [5, 5.41) is 14.2. The van der Waals surface area contributed by atoms with E-state index in [0.717, 1.165) is 24.8 Å². The van der Waals surface area contributed by atoms with Crippen LogP contribution in [0.25, 0.3) is 11.3 Å². The van der Waals surface area contributed by atoms with Crippen molar-refractivity contribution < 1.29 is 19.2 Å². The summed E-state index contributed by atoms with van der Waals surface area (Å²) in [4.78, 5) is 18.7. The fourth-order valence-electron chi connectivity index (χ4n) is 3.82. The van der Waals surface area contributed by atoms with Gasteiger partial charge in [-0.05, 0) is 25.0 Å². The van der Waals surface area contributed by atoms with Gasteiger partial charge in [0, 0.05) is 36.5 Å². The van der Waals surface area contributed by atoms with Crippen molar-refractivity contribution in [2.45, 2.75) is 31.4 Å². The van der Waals surface area contributed by atoms with E-state index in [0.29, 0.717) is 25.5 Å². The number of nitrogens with zero attached hydrogens (tertiary/aromatic N) is 3. The highest BCUT2D eigenvalue weighted by Crippen LogP contribution is 2.33. The molecule has 7 heteroatoms. The largest absolute Gasteiger partial charge is 0.393 e. The second-order valence-corrected chi connectivity index (χ2v) is 6.62. The third-order valence-electron chi connectivity index (χ3n) is 5.15. The van der Waals surface area contributed by atoms with Gasteiger partial charge in [-0.1, -0.05) is 11.6 Å². The summed E-state index contributed by atoms with van der Waals surface area (Å²) in [5.74, 6) is 0.434. The van der Waals surface area contributed by atoms with Gasteiger partial charge >= 0.3 is 0 Å². The highest BCUT2D eigenvalue weighted by molar-refractivity contribution is 5.93. The van der Waals surface area contributed by atoms with E-state index in [1.165, 1.54) is 0 Å². The van der Waals surface area contributed by atoms with E-state index in [9.17, 15) is 9.90 Å². The highest BCUT2D eigenvalue weighted by atomic mass is 16.5. The van der Waals surface area contributed by atoms with Gasteiger partial charge in [0.05, 0.1) is 25.4 Å². The van der Waals surface area contributed by atoms with Crippen molar-refractivity contribution in [3.8, 4) is 11.3 Å². The fourth-order valence-corrected chi connectivity index (χ4v) is 3.82. The molecule has 0 unspecified atom stereocenters. The maximum Gasteiger partial charge on any atom is 0.276 e. The minimum Gasteiger partial charge on any atom is -0.393 e. The number of amides is 1. The smallest absolute Gasteiger partial charge is 0.276 e. The molecule has 3 heterocycles. The zero-order chi connectivity index (χ0) is 17.2. The van der Waals surface area contributed by atoms with Gasteiger partial charge in [-0.15, -0.1) is 0 Å². The molecule has 1 N–H and O–H groups in total. The summed E-state index contributed by atoms with van der Waals surface area (Å²) in [6.45, 7) is 1.47. The summed E-state index contributed by atoms with van der Waals surface area (Å²) in [5.41, 5.74) is 1.11. The van der Waals surface area contributed by atoms with Crippen LogP contribution in [-0.4, -0.2) is 58.0 Å². The van der Waals surface area contributed by atoms with Gasteiger partial charge in [-0.3, -0.25) is 9.78 Å². The molecule has 1 amide bonds. The molecule has 0 aromatic carbocycles. The number of aliphatic hydroxyl groups excluding tert-OH is 1. The van der Waals surface area contributed by atoms with Crippen molar-refractivity contribution in [3.63, 3.8) is 0 Å². The zero-order valence-corrected chi connectivity index (χ0v) is 13.9. The summed E-state index contributed by atoms with van der Waals surface area (Å²) < 4.78 is 10.9. The van der Waals surface area contributed by atoms with Gasteiger partial charge in [0.25, 0.3) is 5.91 Å². The predicted octanol–water partition coefficient (Wildman–Crippen LogP) is 1.74. The van der Waals surface area contributed by atoms with Crippen molar-refractivity contribution in [3.05, 3.63) is 36.3 Å². The summed E-state index contributed by atoms with van der Waals surface area (Å²) in [6.07, 6.45) is 5.66. The quantitative estimate of drug-likeness (QED) is 0.913. The van der Waals surface area contributed by atoms with Gasteiger partial charge in [0.1, 0.15) is 0 Å². The van der Waals surface area contributed by atoms with Crippen molar-refractivity contribution >= 4 is 5.91 Å². The van der Waals surface area contributed by atoms with Crippen LogP contribution in [0.5, 0.6) is 0 Å². The number of ether oxygens (including phenoxy) is 1. The van der Waals surface area contributed by atoms with Gasteiger partial charge in [-0.2, -0.15) is 0 Å². The number of morpholine rings is 1. The Hall–Kier alpha value is -2.25. The molecule has 3 atom stereocenters. The van der Waals surface area contributed by atoms with E-state index >= 15 is 0 Å². The SMILES string of the molecule is O=C(c1cc(-c2ccncc2)on1)N1CCOC[C@@H]1[C@H]1CCC[C@@H]1O. The van der Waals surface area contributed by atoms with Crippen molar-refractivity contribution in [1.29, 1.82) is 0 Å². The van der Waals surface area contributed by atoms with E-state index in [2.05, 4.69) is 10.1 Å². The lowest BCUT2D eigenvalue weighted by atomic mass is 9.94. The van der Waals surface area contributed by atoms with Crippen LogP contribution in [0.3, 0.4) is 0 Å². The Morgan fingerprint density at radius 2 is 2.12 bits per heavy atom. The molecule has 1 aliphatic heterocycles. The lowest BCUT2D eigenvalue weighted by molar-refractivity contribution is -0.0386. The van der Waals surface area contributed by atoms with Crippen molar-refractivity contribution in [1.82, 2.24) is 15.0 Å². The maximum atomic E-state index is 13.0. The number of carbonyl (C=O) groups excluding carboxylic acids is 1. The summed E-state index contributed by atoms with van der Waals surface area (Å²) in [6, 6.07) is 5.16. The number of hydrogen-bond acceptors (Lipinski definition) is 6. The van der Waals surface area contributed by atoms with Gasteiger partial charge < -0.3 is 19.3 Å². The lowest BCUT2D eigenvalue weighted by Gasteiger charge is -2.39. The molecular formula is C18H21N3O4. The number of rotatable bonds is 3. The Morgan fingerprint density at radius 3 is 2.88 bits per heavy atom. The molecule has 1 aliphatic carbocycles. The molecule has 2 aliphatic rings. The monoisotopic (exact) mass is 343 g/mol. The third-order valence-corrected chi connectivity index (χ3v) is 5.15. The van der Waals surface area contributed by atoms with Gasteiger partial charge in [0.2, 0.25) is 0 Å². The average molecular weight is 343 g/mol. The minimum absolute atomic E-state index is 0.0656. The molecule has 0 spiro atoms. The topological polar surface area (TPSA) is 88.7 Å². The Morgan fingerprint density at radius 1 is 1.28 bits per heavy atom. The van der Waals surface area contributed by atoms with Crippen LogP contribution in [0.2, 0.25) is 0 Å².